The Morgan fingerprint density at radius 2 is 1.74 bits per heavy atom. The normalized spacial score (nSPS) is 10.2. The maximum absolute atomic E-state index is 5.94. The molecule has 2 aromatic carbocycles. The fraction of sp³-hybridized carbons (Fsp3) is 0.200. The van der Waals surface area contributed by atoms with Gasteiger partial charge in [0.1, 0.15) is 6.61 Å². The summed E-state index contributed by atoms with van der Waals surface area (Å²) in [5.41, 5.74) is 7.61. The summed E-state index contributed by atoms with van der Waals surface area (Å²) in [7, 11) is 0. The Balaban J connectivity index is 2.10. The number of ether oxygens (including phenoxy) is 2. The Morgan fingerprint density at radius 1 is 1.05 bits per heavy atom. The molecule has 0 saturated heterocycles. The van der Waals surface area contributed by atoms with Crippen LogP contribution in [0.5, 0.6) is 11.5 Å². The molecule has 4 heteroatoms. The predicted molar refractivity (Wildman–Crippen MR) is 80.5 cm³/mol. The molecule has 0 aliphatic carbocycles. The van der Waals surface area contributed by atoms with Gasteiger partial charge < -0.3 is 15.2 Å². The van der Waals surface area contributed by atoms with Gasteiger partial charge in [-0.15, -0.1) is 0 Å². The average molecular weight is 322 g/mol. The molecule has 2 N–H and O–H groups in total. The number of nitrogen functional groups attached to an aromatic ring is 1. The maximum Gasteiger partial charge on any atom is 0.161 e. The highest BCUT2D eigenvalue weighted by Crippen LogP contribution is 2.28. The molecule has 0 radical (unpaired) electrons. The SMILES string of the molecule is CCOc1ccccc1OCc1ccc(Br)cc1N. The molecule has 0 saturated carbocycles. The third-order valence-electron chi connectivity index (χ3n) is 2.64. The quantitative estimate of drug-likeness (QED) is 0.846. The van der Waals surface area contributed by atoms with Gasteiger partial charge >= 0.3 is 0 Å². The van der Waals surface area contributed by atoms with E-state index in [1.165, 1.54) is 0 Å². The summed E-state index contributed by atoms with van der Waals surface area (Å²) in [5.74, 6) is 1.48. The molecule has 100 valence electrons. The summed E-state index contributed by atoms with van der Waals surface area (Å²) in [6.45, 7) is 2.98. The lowest BCUT2D eigenvalue weighted by Crippen LogP contribution is -2.02. The molecule has 0 atom stereocenters. The van der Waals surface area contributed by atoms with Crippen molar-refractivity contribution < 1.29 is 9.47 Å². The number of nitrogens with two attached hydrogens (primary N) is 1. The van der Waals surface area contributed by atoms with Crippen molar-refractivity contribution in [2.75, 3.05) is 12.3 Å². The summed E-state index contributed by atoms with van der Waals surface area (Å²) < 4.78 is 12.2. The molecule has 0 unspecified atom stereocenters. The maximum atomic E-state index is 5.94. The molecule has 0 aliphatic heterocycles. The molecule has 0 heterocycles. The lowest BCUT2D eigenvalue weighted by molar-refractivity contribution is 0.269. The molecule has 0 spiro atoms. The molecule has 0 fully saturated rings. The van der Waals surface area contributed by atoms with Gasteiger partial charge in [0.15, 0.2) is 11.5 Å². The standard InChI is InChI=1S/C15H16BrNO2/c1-2-18-14-5-3-4-6-15(14)19-10-11-7-8-12(16)9-13(11)17/h3-9H,2,10,17H2,1H3. The van der Waals surface area contributed by atoms with Gasteiger partial charge in [0, 0.05) is 15.7 Å². The average Bonchev–Trinajstić information content (AvgIpc) is 2.40. The van der Waals surface area contributed by atoms with Crippen molar-refractivity contribution in [3.63, 3.8) is 0 Å². The van der Waals surface area contributed by atoms with E-state index in [2.05, 4.69) is 15.9 Å². The van der Waals surface area contributed by atoms with E-state index >= 15 is 0 Å². The first kappa shape index (κ1) is 13.7. The number of hydrogen-bond acceptors (Lipinski definition) is 3. The zero-order chi connectivity index (χ0) is 13.7. The molecular formula is C15H16BrNO2. The molecule has 0 aliphatic rings. The summed E-state index contributed by atoms with van der Waals surface area (Å²) in [4.78, 5) is 0. The molecule has 0 amide bonds. The number of halogens is 1. The topological polar surface area (TPSA) is 44.5 Å². The highest BCUT2D eigenvalue weighted by molar-refractivity contribution is 9.10. The zero-order valence-electron chi connectivity index (χ0n) is 10.7. The first-order valence-electron chi connectivity index (χ1n) is 6.09. The number of hydrogen-bond donors (Lipinski definition) is 1. The van der Waals surface area contributed by atoms with Gasteiger partial charge in [0.05, 0.1) is 6.61 Å². The van der Waals surface area contributed by atoms with Crippen LogP contribution in [-0.2, 0) is 6.61 Å². The van der Waals surface area contributed by atoms with E-state index in [1.807, 2.05) is 49.4 Å². The Labute approximate surface area is 121 Å². The number of benzene rings is 2. The molecule has 0 bridgehead atoms. The first-order valence-corrected chi connectivity index (χ1v) is 6.88. The zero-order valence-corrected chi connectivity index (χ0v) is 12.3. The smallest absolute Gasteiger partial charge is 0.161 e. The van der Waals surface area contributed by atoms with E-state index in [-0.39, 0.29) is 0 Å². The van der Waals surface area contributed by atoms with Crippen LogP contribution in [0.1, 0.15) is 12.5 Å². The third-order valence-corrected chi connectivity index (χ3v) is 3.13. The van der Waals surface area contributed by atoms with Crippen molar-refractivity contribution in [3.05, 3.63) is 52.5 Å². The van der Waals surface area contributed by atoms with Crippen LogP contribution in [0, 0.1) is 0 Å². The van der Waals surface area contributed by atoms with Gasteiger partial charge in [0.2, 0.25) is 0 Å². The Hall–Kier alpha value is -1.68. The van der Waals surface area contributed by atoms with Crippen molar-refractivity contribution in [1.82, 2.24) is 0 Å². The van der Waals surface area contributed by atoms with Gasteiger partial charge in [-0.05, 0) is 31.2 Å². The summed E-state index contributed by atoms with van der Waals surface area (Å²) in [6, 6.07) is 13.4. The predicted octanol–water partition coefficient (Wildman–Crippen LogP) is 4.01. The van der Waals surface area contributed by atoms with Crippen molar-refractivity contribution in [2.45, 2.75) is 13.5 Å². The van der Waals surface area contributed by atoms with Gasteiger partial charge in [-0.25, -0.2) is 0 Å². The van der Waals surface area contributed by atoms with E-state index < -0.39 is 0 Å². The monoisotopic (exact) mass is 321 g/mol. The largest absolute Gasteiger partial charge is 0.490 e. The minimum Gasteiger partial charge on any atom is -0.490 e. The van der Waals surface area contributed by atoms with Crippen LogP contribution in [0.15, 0.2) is 46.9 Å². The van der Waals surface area contributed by atoms with Crippen LogP contribution in [0.2, 0.25) is 0 Å². The van der Waals surface area contributed by atoms with E-state index in [1.54, 1.807) is 0 Å². The second-order valence-electron chi connectivity index (χ2n) is 4.01. The van der Waals surface area contributed by atoms with Crippen molar-refractivity contribution in [1.29, 1.82) is 0 Å². The molecule has 0 aromatic heterocycles. The Kier molecular flexibility index (Phi) is 4.68. The highest BCUT2D eigenvalue weighted by Gasteiger charge is 2.05. The lowest BCUT2D eigenvalue weighted by Gasteiger charge is -2.12. The number of rotatable bonds is 5. The Bertz CT molecular complexity index is 558. The van der Waals surface area contributed by atoms with Gasteiger partial charge in [0.25, 0.3) is 0 Å². The van der Waals surface area contributed by atoms with Crippen molar-refractivity contribution >= 4 is 21.6 Å². The van der Waals surface area contributed by atoms with E-state index in [9.17, 15) is 0 Å². The van der Waals surface area contributed by atoms with Crippen LogP contribution in [0.3, 0.4) is 0 Å². The molecule has 2 aromatic rings. The first-order chi connectivity index (χ1) is 9.20. The second-order valence-corrected chi connectivity index (χ2v) is 4.93. The molecule has 2 rings (SSSR count). The van der Waals surface area contributed by atoms with Crippen LogP contribution in [-0.4, -0.2) is 6.61 Å². The van der Waals surface area contributed by atoms with Crippen molar-refractivity contribution in [2.24, 2.45) is 0 Å². The third kappa shape index (κ3) is 3.64. The van der Waals surface area contributed by atoms with Crippen LogP contribution < -0.4 is 15.2 Å². The van der Waals surface area contributed by atoms with Crippen LogP contribution in [0.25, 0.3) is 0 Å². The van der Waals surface area contributed by atoms with Crippen LogP contribution in [0.4, 0.5) is 5.69 Å². The minimum absolute atomic E-state index is 0.420. The highest BCUT2D eigenvalue weighted by atomic mass is 79.9. The fourth-order valence-corrected chi connectivity index (χ4v) is 2.08. The summed E-state index contributed by atoms with van der Waals surface area (Å²) >= 11 is 3.38. The Morgan fingerprint density at radius 3 is 2.37 bits per heavy atom. The lowest BCUT2D eigenvalue weighted by atomic mass is 10.2. The van der Waals surface area contributed by atoms with Gasteiger partial charge in [-0.3, -0.25) is 0 Å². The molecule has 19 heavy (non-hydrogen) atoms. The van der Waals surface area contributed by atoms with Crippen molar-refractivity contribution in [3.8, 4) is 11.5 Å². The minimum atomic E-state index is 0.420. The van der Waals surface area contributed by atoms with Crippen LogP contribution >= 0.6 is 15.9 Å². The van der Waals surface area contributed by atoms with E-state index in [0.29, 0.717) is 18.9 Å². The van der Waals surface area contributed by atoms with Gasteiger partial charge in [-0.1, -0.05) is 34.1 Å². The fourth-order valence-electron chi connectivity index (χ4n) is 1.70. The summed E-state index contributed by atoms with van der Waals surface area (Å²) in [6.07, 6.45) is 0. The number of para-hydroxylation sites is 2. The molecule has 3 nitrogen and oxygen atoms in total. The summed E-state index contributed by atoms with van der Waals surface area (Å²) in [5, 5.41) is 0. The van der Waals surface area contributed by atoms with E-state index in [4.69, 9.17) is 15.2 Å². The second kappa shape index (κ2) is 6.48. The molecular weight excluding hydrogens is 306 g/mol. The van der Waals surface area contributed by atoms with Gasteiger partial charge in [-0.2, -0.15) is 0 Å². The number of anilines is 1. The van der Waals surface area contributed by atoms with E-state index in [0.717, 1.165) is 21.5 Å².